The molecule has 1 N–H and O–H groups in total. The summed E-state index contributed by atoms with van der Waals surface area (Å²) in [4.78, 5) is 0. The van der Waals surface area contributed by atoms with Gasteiger partial charge >= 0.3 is 0 Å². The zero-order chi connectivity index (χ0) is 14.9. The standard InChI is InChI=1S/C18H33NO2/c1-4-19-16(15-6-5-8-17(15,2)3)14-7-10-21-18(12-14)9-11-20-13-18/h14-16,19H,4-13H2,1-3H3. The Morgan fingerprint density at radius 1 is 1.19 bits per heavy atom. The van der Waals surface area contributed by atoms with E-state index in [2.05, 4.69) is 26.1 Å². The van der Waals surface area contributed by atoms with Crippen molar-refractivity contribution in [2.24, 2.45) is 17.3 Å². The summed E-state index contributed by atoms with van der Waals surface area (Å²) in [7, 11) is 0. The second kappa shape index (κ2) is 6.17. The van der Waals surface area contributed by atoms with Crippen LogP contribution < -0.4 is 5.32 Å². The summed E-state index contributed by atoms with van der Waals surface area (Å²) in [5.74, 6) is 1.57. The molecule has 1 aliphatic carbocycles. The maximum Gasteiger partial charge on any atom is 0.0939 e. The van der Waals surface area contributed by atoms with Gasteiger partial charge in [0.15, 0.2) is 0 Å². The Morgan fingerprint density at radius 3 is 2.67 bits per heavy atom. The van der Waals surface area contributed by atoms with Crippen LogP contribution in [0.3, 0.4) is 0 Å². The molecule has 0 bridgehead atoms. The molecule has 0 aromatic heterocycles. The first-order valence-electron chi connectivity index (χ1n) is 9.01. The number of ether oxygens (including phenoxy) is 2. The van der Waals surface area contributed by atoms with E-state index in [0.717, 1.165) is 44.6 Å². The summed E-state index contributed by atoms with van der Waals surface area (Å²) in [6.45, 7) is 10.9. The van der Waals surface area contributed by atoms with Gasteiger partial charge in [0.2, 0.25) is 0 Å². The van der Waals surface area contributed by atoms with Gasteiger partial charge in [-0.25, -0.2) is 0 Å². The molecule has 0 radical (unpaired) electrons. The summed E-state index contributed by atoms with van der Waals surface area (Å²) in [5.41, 5.74) is 0.532. The average Bonchev–Trinajstić information content (AvgIpc) is 3.03. The van der Waals surface area contributed by atoms with Crippen molar-refractivity contribution in [3.8, 4) is 0 Å². The molecule has 21 heavy (non-hydrogen) atoms. The lowest BCUT2D eigenvalue weighted by atomic mass is 9.69. The van der Waals surface area contributed by atoms with E-state index in [1.54, 1.807) is 0 Å². The van der Waals surface area contributed by atoms with Gasteiger partial charge in [0.05, 0.1) is 12.2 Å². The lowest BCUT2D eigenvalue weighted by Gasteiger charge is -2.45. The molecule has 4 unspecified atom stereocenters. The number of nitrogens with one attached hydrogen (secondary N) is 1. The van der Waals surface area contributed by atoms with Crippen molar-refractivity contribution >= 4 is 0 Å². The number of hydrogen-bond donors (Lipinski definition) is 1. The first kappa shape index (κ1) is 15.8. The Morgan fingerprint density at radius 2 is 2.05 bits per heavy atom. The first-order chi connectivity index (χ1) is 10.1. The molecular formula is C18H33NO2. The minimum Gasteiger partial charge on any atom is -0.378 e. The topological polar surface area (TPSA) is 30.5 Å². The van der Waals surface area contributed by atoms with E-state index in [0.29, 0.717) is 11.5 Å². The lowest BCUT2D eigenvalue weighted by molar-refractivity contribution is -0.108. The van der Waals surface area contributed by atoms with Gasteiger partial charge in [0.1, 0.15) is 0 Å². The predicted octanol–water partition coefficient (Wildman–Crippen LogP) is 3.38. The average molecular weight is 295 g/mol. The monoisotopic (exact) mass is 295 g/mol. The Hall–Kier alpha value is -0.120. The van der Waals surface area contributed by atoms with Crippen LogP contribution in [0.4, 0.5) is 0 Å². The third-order valence-corrected chi connectivity index (χ3v) is 6.32. The van der Waals surface area contributed by atoms with E-state index in [-0.39, 0.29) is 5.60 Å². The smallest absolute Gasteiger partial charge is 0.0939 e. The number of rotatable bonds is 4. The Balaban J connectivity index is 1.74. The highest BCUT2D eigenvalue weighted by Gasteiger charge is 2.47. The summed E-state index contributed by atoms with van der Waals surface area (Å²) >= 11 is 0. The molecule has 2 saturated heterocycles. The van der Waals surface area contributed by atoms with E-state index < -0.39 is 0 Å². The fourth-order valence-electron chi connectivity index (χ4n) is 5.13. The quantitative estimate of drug-likeness (QED) is 0.862. The second-order valence-electron chi connectivity index (χ2n) is 8.16. The lowest BCUT2D eigenvalue weighted by Crippen LogP contribution is -2.51. The maximum atomic E-state index is 6.15. The minimum atomic E-state index is 0.0410. The Kier molecular flexibility index (Phi) is 4.63. The molecule has 0 aromatic carbocycles. The van der Waals surface area contributed by atoms with Crippen LogP contribution >= 0.6 is 0 Å². The highest BCUT2D eigenvalue weighted by Crippen LogP contribution is 2.48. The van der Waals surface area contributed by atoms with Crippen LogP contribution in [0.2, 0.25) is 0 Å². The molecule has 3 nitrogen and oxygen atoms in total. The van der Waals surface area contributed by atoms with Crippen molar-refractivity contribution in [2.45, 2.75) is 70.9 Å². The molecule has 3 rings (SSSR count). The van der Waals surface area contributed by atoms with Crippen molar-refractivity contribution < 1.29 is 9.47 Å². The van der Waals surface area contributed by atoms with Gasteiger partial charge in [-0.1, -0.05) is 27.2 Å². The van der Waals surface area contributed by atoms with Crippen molar-refractivity contribution in [1.29, 1.82) is 0 Å². The first-order valence-corrected chi connectivity index (χ1v) is 9.01. The van der Waals surface area contributed by atoms with Crippen LogP contribution in [0.1, 0.15) is 59.3 Å². The van der Waals surface area contributed by atoms with Gasteiger partial charge in [-0.05, 0) is 49.5 Å². The van der Waals surface area contributed by atoms with Crippen molar-refractivity contribution in [2.75, 3.05) is 26.4 Å². The fraction of sp³-hybridized carbons (Fsp3) is 1.00. The molecule has 4 atom stereocenters. The van der Waals surface area contributed by atoms with E-state index >= 15 is 0 Å². The zero-order valence-electron chi connectivity index (χ0n) is 14.1. The van der Waals surface area contributed by atoms with Crippen LogP contribution in [-0.4, -0.2) is 38.0 Å². The molecule has 3 aliphatic rings. The normalized spacial score (nSPS) is 40.7. The van der Waals surface area contributed by atoms with Crippen molar-refractivity contribution in [1.82, 2.24) is 5.32 Å². The van der Waals surface area contributed by atoms with E-state index in [9.17, 15) is 0 Å². The van der Waals surface area contributed by atoms with Crippen LogP contribution in [0.5, 0.6) is 0 Å². The molecule has 3 heteroatoms. The Bertz CT molecular complexity index is 349. The van der Waals surface area contributed by atoms with Crippen LogP contribution in [0.25, 0.3) is 0 Å². The third kappa shape index (κ3) is 3.16. The SMILES string of the molecule is CCNC(C1CCOC2(CCOC2)C1)C1CCCC1(C)C. The molecule has 0 aromatic rings. The van der Waals surface area contributed by atoms with Gasteiger partial charge in [0.25, 0.3) is 0 Å². The summed E-state index contributed by atoms with van der Waals surface area (Å²) < 4.78 is 11.8. The molecular weight excluding hydrogens is 262 g/mol. The minimum absolute atomic E-state index is 0.0410. The molecule has 0 amide bonds. The van der Waals surface area contributed by atoms with Crippen molar-refractivity contribution in [3.63, 3.8) is 0 Å². The molecule has 1 spiro atoms. The predicted molar refractivity (Wildman–Crippen MR) is 85.4 cm³/mol. The van der Waals surface area contributed by atoms with Gasteiger partial charge < -0.3 is 14.8 Å². The summed E-state index contributed by atoms with van der Waals surface area (Å²) in [6.07, 6.45) is 7.68. The molecule has 2 heterocycles. The van der Waals surface area contributed by atoms with Gasteiger partial charge in [0, 0.05) is 25.7 Å². The van der Waals surface area contributed by atoms with Crippen LogP contribution in [-0.2, 0) is 9.47 Å². The van der Waals surface area contributed by atoms with Gasteiger partial charge in [-0.15, -0.1) is 0 Å². The van der Waals surface area contributed by atoms with E-state index in [1.165, 1.54) is 32.1 Å². The van der Waals surface area contributed by atoms with E-state index in [4.69, 9.17) is 9.47 Å². The van der Waals surface area contributed by atoms with Crippen LogP contribution in [0, 0.1) is 17.3 Å². The molecule has 122 valence electrons. The summed E-state index contributed by atoms with van der Waals surface area (Å²) in [5, 5.41) is 3.86. The second-order valence-corrected chi connectivity index (χ2v) is 8.16. The Labute approximate surface area is 130 Å². The summed E-state index contributed by atoms with van der Waals surface area (Å²) in [6, 6.07) is 0.661. The van der Waals surface area contributed by atoms with Crippen LogP contribution in [0.15, 0.2) is 0 Å². The number of hydrogen-bond acceptors (Lipinski definition) is 3. The van der Waals surface area contributed by atoms with Crippen molar-refractivity contribution in [3.05, 3.63) is 0 Å². The highest BCUT2D eigenvalue weighted by atomic mass is 16.6. The van der Waals surface area contributed by atoms with Gasteiger partial charge in [-0.2, -0.15) is 0 Å². The third-order valence-electron chi connectivity index (χ3n) is 6.32. The molecule has 1 saturated carbocycles. The fourth-order valence-corrected chi connectivity index (χ4v) is 5.13. The highest BCUT2D eigenvalue weighted by molar-refractivity contribution is 4.99. The molecule has 3 fully saturated rings. The maximum absolute atomic E-state index is 6.15. The van der Waals surface area contributed by atoms with Gasteiger partial charge in [-0.3, -0.25) is 0 Å². The largest absolute Gasteiger partial charge is 0.378 e. The zero-order valence-corrected chi connectivity index (χ0v) is 14.1. The van der Waals surface area contributed by atoms with E-state index in [1.807, 2.05) is 0 Å². The molecule has 2 aliphatic heterocycles.